The summed E-state index contributed by atoms with van der Waals surface area (Å²) >= 11 is 3.44. The van der Waals surface area contributed by atoms with Gasteiger partial charge in [0.25, 0.3) is 5.91 Å². The Morgan fingerprint density at radius 3 is 2.26 bits per heavy atom. The molecule has 2 amide bonds. The normalized spacial score (nSPS) is 18.5. The van der Waals surface area contributed by atoms with Crippen LogP contribution in [0.25, 0.3) is 0 Å². The summed E-state index contributed by atoms with van der Waals surface area (Å²) in [5.41, 5.74) is 1.92. The molecule has 5 heteroatoms. The first-order valence-corrected chi connectivity index (χ1v) is 6.91. The van der Waals surface area contributed by atoms with Gasteiger partial charge in [-0.3, -0.25) is 9.59 Å². The van der Waals surface area contributed by atoms with Crippen LogP contribution >= 0.6 is 15.9 Å². The van der Waals surface area contributed by atoms with E-state index in [1.165, 1.54) is 0 Å². The highest BCUT2D eigenvalue weighted by Gasteiger charge is 2.40. The van der Waals surface area contributed by atoms with Crippen LogP contribution in [0.2, 0.25) is 0 Å². The minimum atomic E-state index is -0.860. The zero-order valence-corrected chi connectivity index (χ0v) is 13.1. The number of halogens is 1. The Labute approximate surface area is 121 Å². The highest BCUT2D eigenvalue weighted by Crippen LogP contribution is 2.31. The Bertz CT molecular complexity index is 544. The van der Waals surface area contributed by atoms with Gasteiger partial charge in [0, 0.05) is 4.47 Å². The van der Waals surface area contributed by atoms with Gasteiger partial charge in [-0.25, -0.2) is 0 Å². The molecule has 1 aromatic carbocycles. The van der Waals surface area contributed by atoms with Crippen molar-refractivity contribution in [3.63, 3.8) is 0 Å². The van der Waals surface area contributed by atoms with Crippen molar-refractivity contribution in [3.05, 3.63) is 27.7 Å². The predicted octanol–water partition coefficient (Wildman–Crippen LogP) is 2.31. The van der Waals surface area contributed by atoms with Crippen LogP contribution < -0.4 is 10.2 Å². The number of hydrogen-bond acceptors (Lipinski definition) is 2. The highest BCUT2D eigenvalue weighted by atomic mass is 79.9. The zero-order valence-electron chi connectivity index (χ0n) is 11.5. The van der Waals surface area contributed by atoms with Crippen molar-refractivity contribution in [1.29, 1.82) is 0 Å². The molecule has 1 N–H and O–H groups in total. The summed E-state index contributed by atoms with van der Waals surface area (Å²) in [6.45, 7) is 7.41. The Balaban J connectivity index is 2.52. The van der Waals surface area contributed by atoms with Gasteiger partial charge in [-0.05, 0) is 51.0 Å². The first-order chi connectivity index (χ1) is 8.72. The molecule has 2 rings (SSSR count). The first-order valence-electron chi connectivity index (χ1n) is 6.12. The monoisotopic (exact) mass is 324 g/mol. The number of piperazine rings is 1. The van der Waals surface area contributed by atoms with Gasteiger partial charge in [-0.1, -0.05) is 15.9 Å². The number of hydrogen-bond donors (Lipinski definition) is 1. The summed E-state index contributed by atoms with van der Waals surface area (Å²) in [6.07, 6.45) is 0. The lowest BCUT2D eigenvalue weighted by Gasteiger charge is -2.38. The summed E-state index contributed by atoms with van der Waals surface area (Å²) in [7, 11) is 0. The number of amides is 2. The van der Waals surface area contributed by atoms with Crippen LogP contribution in [-0.4, -0.2) is 23.9 Å². The molecule has 0 unspecified atom stereocenters. The van der Waals surface area contributed by atoms with Crippen molar-refractivity contribution in [2.75, 3.05) is 11.4 Å². The third-order valence-electron chi connectivity index (χ3n) is 3.26. The maximum absolute atomic E-state index is 12.5. The van der Waals surface area contributed by atoms with Crippen LogP contribution in [0.15, 0.2) is 16.6 Å². The number of carbonyl (C=O) groups excluding carboxylic acids is 2. The molecular weight excluding hydrogens is 308 g/mol. The van der Waals surface area contributed by atoms with Crippen LogP contribution in [-0.2, 0) is 9.59 Å². The molecule has 4 nitrogen and oxygen atoms in total. The van der Waals surface area contributed by atoms with Gasteiger partial charge in [0.15, 0.2) is 0 Å². The molecule has 0 aromatic heterocycles. The molecule has 1 saturated heterocycles. The first kappa shape index (κ1) is 14.1. The van der Waals surface area contributed by atoms with E-state index in [9.17, 15) is 9.59 Å². The number of carbonyl (C=O) groups is 2. The van der Waals surface area contributed by atoms with E-state index in [0.717, 1.165) is 21.3 Å². The van der Waals surface area contributed by atoms with E-state index in [2.05, 4.69) is 21.2 Å². The molecule has 1 aliphatic heterocycles. The fraction of sp³-hybridized carbons (Fsp3) is 0.429. The molecule has 1 heterocycles. The van der Waals surface area contributed by atoms with Crippen molar-refractivity contribution in [2.45, 2.75) is 33.2 Å². The van der Waals surface area contributed by atoms with Gasteiger partial charge < -0.3 is 10.2 Å². The third-order valence-corrected chi connectivity index (χ3v) is 3.72. The van der Waals surface area contributed by atoms with Crippen LogP contribution in [0.5, 0.6) is 0 Å². The van der Waals surface area contributed by atoms with Crippen LogP contribution in [0.1, 0.15) is 25.0 Å². The summed E-state index contributed by atoms with van der Waals surface area (Å²) in [5.74, 6) is -0.216. The molecule has 102 valence electrons. The Hall–Kier alpha value is -1.36. The van der Waals surface area contributed by atoms with Crippen LogP contribution in [0, 0.1) is 13.8 Å². The summed E-state index contributed by atoms with van der Waals surface area (Å²) < 4.78 is 0.972. The van der Waals surface area contributed by atoms with Crippen LogP contribution in [0.3, 0.4) is 0 Å². The maximum Gasteiger partial charge on any atom is 0.252 e. The van der Waals surface area contributed by atoms with E-state index >= 15 is 0 Å². The molecular formula is C14H17BrN2O2. The van der Waals surface area contributed by atoms with Crippen molar-refractivity contribution in [1.82, 2.24) is 5.32 Å². The topological polar surface area (TPSA) is 49.4 Å². The molecule has 0 radical (unpaired) electrons. The lowest BCUT2D eigenvalue weighted by molar-refractivity contribution is -0.134. The SMILES string of the molecule is Cc1cc(Br)cc(C)c1N1CC(=O)NC(C)(C)C1=O. The lowest BCUT2D eigenvalue weighted by Crippen LogP contribution is -2.64. The lowest BCUT2D eigenvalue weighted by atomic mass is 9.98. The van der Waals surface area contributed by atoms with E-state index in [0.29, 0.717) is 0 Å². The molecule has 0 saturated carbocycles. The Morgan fingerprint density at radius 1 is 1.21 bits per heavy atom. The second-order valence-corrected chi connectivity index (χ2v) is 6.37. The van der Waals surface area contributed by atoms with Gasteiger partial charge >= 0.3 is 0 Å². The average molecular weight is 325 g/mol. The second-order valence-electron chi connectivity index (χ2n) is 5.45. The highest BCUT2D eigenvalue weighted by molar-refractivity contribution is 9.10. The van der Waals surface area contributed by atoms with Crippen molar-refractivity contribution in [3.8, 4) is 0 Å². The second kappa shape index (κ2) is 4.63. The fourth-order valence-electron chi connectivity index (χ4n) is 2.50. The summed E-state index contributed by atoms with van der Waals surface area (Å²) in [4.78, 5) is 25.8. The van der Waals surface area contributed by atoms with Gasteiger partial charge in [-0.15, -0.1) is 0 Å². The molecule has 1 aliphatic rings. The van der Waals surface area contributed by atoms with E-state index in [-0.39, 0.29) is 18.4 Å². The molecule has 0 bridgehead atoms. The van der Waals surface area contributed by atoms with Gasteiger partial charge in [0.2, 0.25) is 5.91 Å². The smallest absolute Gasteiger partial charge is 0.252 e. The van der Waals surface area contributed by atoms with Crippen molar-refractivity contribution >= 4 is 33.4 Å². The van der Waals surface area contributed by atoms with E-state index in [1.807, 2.05) is 26.0 Å². The molecule has 19 heavy (non-hydrogen) atoms. The standard InChI is InChI=1S/C14H17BrN2O2/c1-8-5-10(15)6-9(2)12(8)17-7-11(18)16-14(3,4)13(17)19/h5-6H,7H2,1-4H3,(H,16,18). The summed E-state index contributed by atoms with van der Waals surface area (Å²) in [5, 5.41) is 2.72. The number of rotatable bonds is 1. The molecule has 0 atom stereocenters. The average Bonchev–Trinajstić information content (AvgIpc) is 2.22. The van der Waals surface area contributed by atoms with Crippen LogP contribution in [0.4, 0.5) is 5.69 Å². The number of nitrogens with one attached hydrogen (secondary N) is 1. The van der Waals surface area contributed by atoms with Crippen molar-refractivity contribution in [2.24, 2.45) is 0 Å². The van der Waals surface area contributed by atoms with Crippen molar-refractivity contribution < 1.29 is 9.59 Å². The minimum Gasteiger partial charge on any atom is -0.341 e. The maximum atomic E-state index is 12.5. The van der Waals surface area contributed by atoms with E-state index in [1.54, 1.807) is 18.7 Å². The largest absolute Gasteiger partial charge is 0.341 e. The van der Waals surface area contributed by atoms with Gasteiger partial charge in [0.1, 0.15) is 12.1 Å². The predicted molar refractivity (Wildman–Crippen MR) is 78.2 cm³/mol. The third kappa shape index (κ3) is 2.52. The zero-order chi connectivity index (χ0) is 14.4. The van der Waals surface area contributed by atoms with E-state index in [4.69, 9.17) is 0 Å². The number of aryl methyl sites for hydroxylation is 2. The quantitative estimate of drug-likeness (QED) is 0.861. The minimum absolute atomic E-state index is 0.0750. The fourth-order valence-corrected chi connectivity index (χ4v) is 3.19. The van der Waals surface area contributed by atoms with E-state index < -0.39 is 5.54 Å². The number of anilines is 1. The summed E-state index contributed by atoms with van der Waals surface area (Å²) in [6, 6.07) is 3.91. The molecule has 1 aromatic rings. The Kier molecular flexibility index (Phi) is 3.43. The number of benzene rings is 1. The molecule has 0 aliphatic carbocycles. The van der Waals surface area contributed by atoms with Gasteiger partial charge in [0.05, 0.1) is 5.69 Å². The number of nitrogens with zero attached hydrogens (tertiary/aromatic N) is 1. The molecule has 0 spiro atoms. The Morgan fingerprint density at radius 2 is 1.74 bits per heavy atom. The van der Waals surface area contributed by atoms with Gasteiger partial charge in [-0.2, -0.15) is 0 Å². The molecule has 1 fully saturated rings.